The minimum atomic E-state index is 0.0488. The van der Waals surface area contributed by atoms with Crippen LogP contribution in [-0.2, 0) is 16.1 Å². The zero-order chi connectivity index (χ0) is 18.5. The lowest BCUT2D eigenvalue weighted by atomic mass is 10.2. The number of carbonyl (C=O) groups excluding carboxylic acids is 1. The minimum absolute atomic E-state index is 0.0488. The number of hydrogen-bond acceptors (Lipinski definition) is 6. The first-order valence-electron chi connectivity index (χ1n) is 8.60. The Labute approximate surface area is 157 Å². The van der Waals surface area contributed by atoms with Gasteiger partial charge in [-0.2, -0.15) is 0 Å². The lowest BCUT2D eigenvalue weighted by Crippen LogP contribution is -2.24. The van der Waals surface area contributed by atoms with Gasteiger partial charge in [-0.05, 0) is 37.1 Å². The number of aromatic nitrogens is 3. The molecule has 0 bridgehead atoms. The number of nitrogens with zero attached hydrogens (tertiary/aromatic N) is 4. The maximum absolute atomic E-state index is 11.9. The number of amides is 1. The van der Waals surface area contributed by atoms with Crippen molar-refractivity contribution in [3.63, 3.8) is 0 Å². The van der Waals surface area contributed by atoms with E-state index in [4.69, 9.17) is 9.47 Å². The van der Waals surface area contributed by atoms with Crippen LogP contribution in [0.1, 0.15) is 12.8 Å². The summed E-state index contributed by atoms with van der Waals surface area (Å²) in [5, 5.41) is 9.44. The summed E-state index contributed by atoms with van der Waals surface area (Å²) in [4.78, 5) is 13.5. The summed E-state index contributed by atoms with van der Waals surface area (Å²) < 4.78 is 13.1. The molecule has 2 heterocycles. The smallest absolute Gasteiger partial charge is 0.232 e. The van der Waals surface area contributed by atoms with Gasteiger partial charge in [0.25, 0.3) is 0 Å². The average Bonchev–Trinajstić information content (AvgIpc) is 3.30. The Morgan fingerprint density at radius 1 is 1.35 bits per heavy atom. The van der Waals surface area contributed by atoms with E-state index in [1.165, 1.54) is 11.8 Å². The monoisotopic (exact) mass is 376 g/mol. The summed E-state index contributed by atoms with van der Waals surface area (Å²) in [6, 6.07) is 7.74. The molecule has 1 unspecified atom stereocenters. The first kappa shape index (κ1) is 18.7. The molecule has 3 rings (SSSR count). The van der Waals surface area contributed by atoms with Crippen LogP contribution in [0.2, 0.25) is 0 Å². The second-order valence-electron chi connectivity index (χ2n) is 6.36. The molecule has 8 heteroatoms. The summed E-state index contributed by atoms with van der Waals surface area (Å²) in [5.74, 6) is 1.96. The SMILES string of the molecule is COc1ccc(-c2nnc(SCC(=O)N(C)C)n2CC2CCCO2)cc1. The Kier molecular flexibility index (Phi) is 6.16. The van der Waals surface area contributed by atoms with Crippen molar-refractivity contribution in [2.24, 2.45) is 0 Å². The van der Waals surface area contributed by atoms with Gasteiger partial charge in [-0.1, -0.05) is 11.8 Å². The van der Waals surface area contributed by atoms with Crippen LogP contribution < -0.4 is 4.74 Å². The average molecular weight is 376 g/mol. The van der Waals surface area contributed by atoms with E-state index in [1.807, 2.05) is 24.3 Å². The van der Waals surface area contributed by atoms with Gasteiger partial charge in [0.2, 0.25) is 5.91 Å². The zero-order valence-electron chi connectivity index (χ0n) is 15.3. The molecular formula is C18H24N4O3S. The highest BCUT2D eigenvalue weighted by Crippen LogP contribution is 2.27. The van der Waals surface area contributed by atoms with E-state index >= 15 is 0 Å². The molecule has 1 saturated heterocycles. The summed E-state index contributed by atoms with van der Waals surface area (Å²) in [6.07, 6.45) is 2.26. The fourth-order valence-corrected chi connectivity index (χ4v) is 3.69. The van der Waals surface area contributed by atoms with Crippen molar-refractivity contribution < 1.29 is 14.3 Å². The van der Waals surface area contributed by atoms with Crippen LogP contribution in [-0.4, -0.2) is 65.2 Å². The lowest BCUT2D eigenvalue weighted by Gasteiger charge is -2.15. The molecule has 1 aliphatic rings. The van der Waals surface area contributed by atoms with E-state index in [0.29, 0.717) is 12.3 Å². The van der Waals surface area contributed by atoms with Gasteiger partial charge < -0.3 is 14.4 Å². The van der Waals surface area contributed by atoms with Crippen molar-refractivity contribution in [1.82, 2.24) is 19.7 Å². The van der Waals surface area contributed by atoms with Gasteiger partial charge in [0.05, 0.1) is 25.5 Å². The van der Waals surface area contributed by atoms with E-state index in [-0.39, 0.29) is 12.0 Å². The molecule has 0 spiro atoms. The van der Waals surface area contributed by atoms with Gasteiger partial charge in [-0.15, -0.1) is 10.2 Å². The summed E-state index contributed by atoms with van der Waals surface area (Å²) in [7, 11) is 5.15. The number of methoxy groups -OCH3 is 1. The van der Waals surface area contributed by atoms with Crippen molar-refractivity contribution >= 4 is 17.7 Å². The molecule has 1 aromatic heterocycles. The lowest BCUT2D eigenvalue weighted by molar-refractivity contribution is -0.125. The molecule has 1 aromatic carbocycles. The van der Waals surface area contributed by atoms with Crippen LogP contribution in [0.3, 0.4) is 0 Å². The predicted molar refractivity (Wildman–Crippen MR) is 100 cm³/mol. The molecule has 140 valence electrons. The number of rotatable bonds is 7. The highest BCUT2D eigenvalue weighted by Gasteiger charge is 2.22. The summed E-state index contributed by atoms with van der Waals surface area (Å²) >= 11 is 1.41. The number of hydrogen-bond donors (Lipinski definition) is 0. The topological polar surface area (TPSA) is 69.5 Å². The molecule has 2 aromatic rings. The van der Waals surface area contributed by atoms with Gasteiger partial charge in [0.15, 0.2) is 11.0 Å². The summed E-state index contributed by atoms with van der Waals surface area (Å²) in [5.41, 5.74) is 0.960. The standard InChI is InChI=1S/C18H24N4O3S/c1-21(2)16(23)12-26-18-20-19-17(13-6-8-14(24-3)9-7-13)22(18)11-15-5-4-10-25-15/h6-9,15H,4-5,10-12H2,1-3H3. The molecule has 0 saturated carbocycles. The molecule has 7 nitrogen and oxygen atoms in total. The summed E-state index contributed by atoms with van der Waals surface area (Å²) in [6.45, 7) is 1.49. The van der Waals surface area contributed by atoms with Gasteiger partial charge in [0.1, 0.15) is 5.75 Å². The Morgan fingerprint density at radius 2 is 2.12 bits per heavy atom. The second kappa shape index (κ2) is 8.55. The molecular weight excluding hydrogens is 352 g/mol. The maximum Gasteiger partial charge on any atom is 0.232 e. The van der Waals surface area contributed by atoms with Crippen molar-refractivity contribution in [3.05, 3.63) is 24.3 Å². The van der Waals surface area contributed by atoms with Crippen molar-refractivity contribution in [3.8, 4) is 17.1 Å². The van der Waals surface area contributed by atoms with Gasteiger partial charge in [0, 0.05) is 26.3 Å². The first-order chi connectivity index (χ1) is 12.6. The maximum atomic E-state index is 11.9. The number of ether oxygens (including phenoxy) is 2. The normalized spacial score (nSPS) is 16.7. The number of thioether (sulfide) groups is 1. The Bertz CT molecular complexity index is 739. The third-order valence-corrected chi connectivity index (χ3v) is 5.25. The third-order valence-electron chi connectivity index (χ3n) is 4.30. The molecule has 1 atom stereocenters. The van der Waals surface area contributed by atoms with E-state index in [0.717, 1.165) is 41.7 Å². The van der Waals surface area contributed by atoms with Crippen LogP contribution in [0.4, 0.5) is 0 Å². The van der Waals surface area contributed by atoms with Crippen LogP contribution in [0.25, 0.3) is 11.4 Å². The Balaban J connectivity index is 1.85. The molecule has 1 amide bonds. The first-order valence-corrected chi connectivity index (χ1v) is 9.59. The molecule has 1 aliphatic heterocycles. The minimum Gasteiger partial charge on any atom is -0.497 e. The van der Waals surface area contributed by atoms with Crippen molar-refractivity contribution in [2.45, 2.75) is 30.6 Å². The number of carbonyl (C=O) groups is 1. The second-order valence-corrected chi connectivity index (χ2v) is 7.30. The molecule has 0 N–H and O–H groups in total. The fraction of sp³-hybridized carbons (Fsp3) is 0.500. The van der Waals surface area contributed by atoms with Crippen LogP contribution in [0.5, 0.6) is 5.75 Å². The van der Waals surface area contributed by atoms with Crippen molar-refractivity contribution in [1.29, 1.82) is 0 Å². The van der Waals surface area contributed by atoms with Crippen LogP contribution in [0.15, 0.2) is 29.4 Å². The number of benzene rings is 1. The van der Waals surface area contributed by atoms with E-state index < -0.39 is 0 Å². The van der Waals surface area contributed by atoms with E-state index in [9.17, 15) is 4.79 Å². The molecule has 0 aliphatic carbocycles. The Morgan fingerprint density at radius 3 is 2.73 bits per heavy atom. The van der Waals surface area contributed by atoms with Gasteiger partial charge in [-0.25, -0.2) is 0 Å². The van der Waals surface area contributed by atoms with Crippen LogP contribution in [0, 0.1) is 0 Å². The van der Waals surface area contributed by atoms with Gasteiger partial charge in [-0.3, -0.25) is 9.36 Å². The zero-order valence-corrected chi connectivity index (χ0v) is 16.2. The predicted octanol–water partition coefficient (Wildman–Crippen LogP) is 2.31. The molecule has 0 radical (unpaired) electrons. The fourth-order valence-electron chi connectivity index (χ4n) is 2.76. The molecule has 26 heavy (non-hydrogen) atoms. The quantitative estimate of drug-likeness (QED) is 0.691. The third kappa shape index (κ3) is 4.37. The highest BCUT2D eigenvalue weighted by molar-refractivity contribution is 7.99. The van der Waals surface area contributed by atoms with Crippen LogP contribution >= 0.6 is 11.8 Å². The molecule has 1 fully saturated rings. The Hall–Kier alpha value is -2.06. The van der Waals surface area contributed by atoms with E-state index in [2.05, 4.69) is 14.8 Å². The highest BCUT2D eigenvalue weighted by atomic mass is 32.2. The van der Waals surface area contributed by atoms with Gasteiger partial charge >= 0.3 is 0 Å². The van der Waals surface area contributed by atoms with Crippen molar-refractivity contribution in [2.75, 3.05) is 33.6 Å². The van der Waals surface area contributed by atoms with E-state index in [1.54, 1.807) is 26.1 Å². The largest absolute Gasteiger partial charge is 0.497 e.